The molecule has 9 heteroatoms. The second-order valence-corrected chi connectivity index (χ2v) is 5.12. The van der Waals surface area contributed by atoms with Crippen LogP contribution in [-0.2, 0) is 12.8 Å². The molecule has 2 aromatic heterocycles. The number of carbonyl (C=O) groups is 1. The fourth-order valence-corrected chi connectivity index (χ4v) is 2.23. The van der Waals surface area contributed by atoms with E-state index in [1.165, 1.54) is 0 Å². The molecule has 3 N–H and O–H groups in total. The number of aromatic nitrogens is 3. The van der Waals surface area contributed by atoms with Crippen LogP contribution in [0.1, 0.15) is 24.0 Å². The summed E-state index contributed by atoms with van der Waals surface area (Å²) in [5.74, 6) is 0.264. The van der Waals surface area contributed by atoms with Gasteiger partial charge in [-0.25, -0.2) is 14.8 Å². The number of hydrogen-bond acceptors (Lipinski definition) is 6. The average Bonchev–Trinajstić information content (AvgIpc) is 2.55. The summed E-state index contributed by atoms with van der Waals surface area (Å²) in [6.45, 7) is 2.14. The summed E-state index contributed by atoms with van der Waals surface area (Å²) < 4.78 is 0. The smallest absolute Gasteiger partial charge is 0.404 e. The summed E-state index contributed by atoms with van der Waals surface area (Å²) in [4.78, 5) is 23.0. The zero-order valence-corrected chi connectivity index (χ0v) is 13.6. The van der Waals surface area contributed by atoms with Gasteiger partial charge in [0, 0.05) is 30.5 Å². The SMILES string of the molecule is CCc1nc(C#N)c(Nc2ccnc(CCNC(=O)O)c2)nc1Cl. The summed E-state index contributed by atoms with van der Waals surface area (Å²) >= 11 is 6.05. The molecule has 24 heavy (non-hydrogen) atoms. The first kappa shape index (κ1) is 17.4. The van der Waals surface area contributed by atoms with Crippen molar-refractivity contribution in [2.75, 3.05) is 11.9 Å². The Kier molecular flexibility index (Phi) is 5.87. The van der Waals surface area contributed by atoms with Crippen molar-refractivity contribution in [1.82, 2.24) is 20.3 Å². The number of halogens is 1. The summed E-state index contributed by atoms with van der Waals surface area (Å²) in [6.07, 6.45) is 1.52. The Labute approximate surface area is 143 Å². The first-order valence-electron chi connectivity index (χ1n) is 7.18. The number of rotatable bonds is 6. The number of nitrogens with one attached hydrogen (secondary N) is 2. The molecule has 0 saturated heterocycles. The molecule has 0 aromatic carbocycles. The van der Waals surface area contributed by atoms with E-state index in [0.717, 1.165) is 0 Å². The van der Waals surface area contributed by atoms with Crippen LogP contribution in [0.4, 0.5) is 16.3 Å². The summed E-state index contributed by atoms with van der Waals surface area (Å²) in [6, 6.07) is 5.44. The van der Waals surface area contributed by atoms with Gasteiger partial charge in [0.05, 0.1) is 5.69 Å². The van der Waals surface area contributed by atoms with E-state index in [-0.39, 0.29) is 23.2 Å². The Morgan fingerprint density at radius 1 is 1.46 bits per heavy atom. The maximum absolute atomic E-state index is 10.5. The lowest BCUT2D eigenvalue weighted by molar-refractivity contribution is 0.194. The minimum absolute atomic E-state index is 0.155. The van der Waals surface area contributed by atoms with Gasteiger partial charge in [0.1, 0.15) is 6.07 Å². The molecule has 124 valence electrons. The van der Waals surface area contributed by atoms with Gasteiger partial charge in [-0.2, -0.15) is 5.26 Å². The molecule has 2 heterocycles. The number of carboxylic acid groups (broad SMARTS) is 1. The number of amides is 1. The summed E-state index contributed by atoms with van der Waals surface area (Å²) in [7, 11) is 0. The Balaban J connectivity index is 2.18. The topological polar surface area (TPSA) is 124 Å². The molecule has 0 bridgehead atoms. The fraction of sp³-hybridized carbons (Fsp3) is 0.267. The number of hydrogen-bond donors (Lipinski definition) is 3. The van der Waals surface area contributed by atoms with E-state index >= 15 is 0 Å². The van der Waals surface area contributed by atoms with Crippen LogP contribution in [0, 0.1) is 11.3 Å². The zero-order chi connectivity index (χ0) is 17.5. The molecule has 8 nitrogen and oxygen atoms in total. The molecular formula is C15H15ClN6O2. The molecule has 0 aliphatic heterocycles. The van der Waals surface area contributed by atoms with Crippen LogP contribution in [0.3, 0.4) is 0 Å². The average molecular weight is 347 g/mol. The molecule has 2 rings (SSSR count). The van der Waals surface area contributed by atoms with Gasteiger partial charge in [-0.1, -0.05) is 18.5 Å². The molecule has 0 aliphatic carbocycles. The minimum atomic E-state index is -1.08. The Bertz CT molecular complexity index is 790. The Morgan fingerprint density at radius 3 is 2.92 bits per heavy atom. The van der Waals surface area contributed by atoms with Gasteiger partial charge in [0.2, 0.25) is 0 Å². The third kappa shape index (κ3) is 4.54. The van der Waals surface area contributed by atoms with Crippen molar-refractivity contribution >= 4 is 29.2 Å². The summed E-state index contributed by atoms with van der Waals surface area (Å²) in [5, 5.41) is 23.3. The van der Waals surface area contributed by atoms with Crippen LogP contribution < -0.4 is 10.6 Å². The predicted octanol–water partition coefficient (Wildman–Crippen LogP) is 2.51. The highest BCUT2D eigenvalue weighted by Crippen LogP contribution is 2.22. The first-order valence-corrected chi connectivity index (χ1v) is 7.56. The van der Waals surface area contributed by atoms with Gasteiger partial charge in [-0.15, -0.1) is 0 Å². The monoisotopic (exact) mass is 346 g/mol. The van der Waals surface area contributed by atoms with Crippen LogP contribution in [0.15, 0.2) is 18.3 Å². The molecule has 0 saturated carbocycles. The van der Waals surface area contributed by atoms with Crippen molar-refractivity contribution in [3.8, 4) is 6.07 Å². The number of pyridine rings is 1. The Morgan fingerprint density at radius 2 is 2.25 bits per heavy atom. The van der Waals surface area contributed by atoms with Crippen LogP contribution in [0.5, 0.6) is 0 Å². The quantitative estimate of drug-likeness (QED) is 0.734. The molecule has 0 fully saturated rings. The van der Waals surface area contributed by atoms with Gasteiger partial charge in [-0.05, 0) is 18.6 Å². The van der Waals surface area contributed by atoms with Crippen molar-refractivity contribution < 1.29 is 9.90 Å². The zero-order valence-electron chi connectivity index (χ0n) is 12.9. The number of nitrogens with zero attached hydrogens (tertiary/aromatic N) is 4. The van der Waals surface area contributed by atoms with Crippen LogP contribution in [0.25, 0.3) is 0 Å². The maximum atomic E-state index is 10.5. The van der Waals surface area contributed by atoms with Gasteiger partial charge < -0.3 is 15.7 Å². The highest BCUT2D eigenvalue weighted by atomic mass is 35.5. The number of aryl methyl sites for hydroxylation is 1. The standard InChI is InChI=1S/C15H15ClN6O2/c1-2-11-13(16)22-14(12(8-17)21-11)20-10-4-5-18-9(7-10)3-6-19-15(23)24/h4-5,7,19H,2-3,6H2,1H3,(H,23,24)(H,18,20,22). The normalized spacial score (nSPS) is 10.0. The van der Waals surface area contributed by atoms with Crippen LogP contribution >= 0.6 is 11.6 Å². The molecule has 0 spiro atoms. The van der Waals surface area contributed by atoms with Crippen LogP contribution in [0.2, 0.25) is 5.15 Å². The molecule has 1 amide bonds. The molecule has 0 radical (unpaired) electrons. The first-order chi connectivity index (χ1) is 11.5. The van der Waals surface area contributed by atoms with Crippen molar-refractivity contribution in [3.05, 3.63) is 40.6 Å². The van der Waals surface area contributed by atoms with Gasteiger partial charge >= 0.3 is 6.09 Å². The highest BCUT2D eigenvalue weighted by Gasteiger charge is 2.12. The fourth-order valence-electron chi connectivity index (χ4n) is 1.97. The van der Waals surface area contributed by atoms with Gasteiger partial charge in [0.25, 0.3) is 0 Å². The molecular weight excluding hydrogens is 332 g/mol. The second kappa shape index (κ2) is 8.08. The van der Waals surface area contributed by atoms with Crippen molar-refractivity contribution in [2.45, 2.75) is 19.8 Å². The number of nitriles is 1. The van der Waals surface area contributed by atoms with Crippen molar-refractivity contribution in [3.63, 3.8) is 0 Å². The molecule has 2 aromatic rings. The maximum Gasteiger partial charge on any atom is 0.404 e. The van der Waals surface area contributed by atoms with E-state index in [0.29, 0.717) is 29.9 Å². The van der Waals surface area contributed by atoms with Crippen molar-refractivity contribution in [1.29, 1.82) is 5.26 Å². The summed E-state index contributed by atoms with van der Waals surface area (Å²) in [5.41, 5.74) is 2.06. The van der Waals surface area contributed by atoms with Gasteiger partial charge in [-0.3, -0.25) is 4.98 Å². The van der Waals surface area contributed by atoms with E-state index in [4.69, 9.17) is 16.7 Å². The lowest BCUT2D eigenvalue weighted by Gasteiger charge is -2.10. The minimum Gasteiger partial charge on any atom is -0.465 e. The lowest BCUT2D eigenvalue weighted by Crippen LogP contribution is -2.23. The highest BCUT2D eigenvalue weighted by molar-refractivity contribution is 6.30. The third-order valence-electron chi connectivity index (χ3n) is 3.10. The largest absolute Gasteiger partial charge is 0.465 e. The molecule has 0 aliphatic rings. The van der Waals surface area contributed by atoms with Crippen LogP contribution in [-0.4, -0.2) is 32.7 Å². The van der Waals surface area contributed by atoms with Gasteiger partial charge in [0.15, 0.2) is 16.7 Å². The number of anilines is 2. The van der Waals surface area contributed by atoms with E-state index in [1.807, 2.05) is 13.0 Å². The van der Waals surface area contributed by atoms with E-state index in [1.54, 1.807) is 18.3 Å². The third-order valence-corrected chi connectivity index (χ3v) is 3.40. The van der Waals surface area contributed by atoms with E-state index in [9.17, 15) is 10.1 Å². The lowest BCUT2D eigenvalue weighted by atomic mass is 10.2. The predicted molar refractivity (Wildman–Crippen MR) is 88.4 cm³/mol. The Hall–Kier alpha value is -2.92. The van der Waals surface area contributed by atoms with Crippen molar-refractivity contribution in [2.24, 2.45) is 0 Å². The molecule has 0 unspecified atom stereocenters. The van der Waals surface area contributed by atoms with E-state index < -0.39 is 6.09 Å². The second-order valence-electron chi connectivity index (χ2n) is 4.77. The molecule has 0 atom stereocenters. The van der Waals surface area contributed by atoms with E-state index in [2.05, 4.69) is 25.6 Å².